The number of hydrogen-bond acceptors (Lipinski definition) is 5. The zero-order valence-electron chi connectivity index (χ0n) is 9.69. The van der Waals surface area contributed by atoms with Crippen LogP contribution >= 0.6 is 0 Å². The fourth-order valence-electron chi connectivity index (χ4n) is 0.970. The van der Waals surface area contributed by atoms with E-state index in [9.17, 15) is 22.8 Å². The Bertz CT molecular complexity index is 452. The quantitative estimate of drug-likeness (QED) is 0.619. The first-order valence-electron chi connectivity index (χ1n) is 4.91. The van der Waals surface area contributed by atoms with Crippen molar-refractivity contribution in [2.24, 2.45) is 0 Å². The van der Waals surface area contributed by atoms with E-state index in [0.29, 0.717) is 0 Å². The Balaban J connectivity index is 2.57. The van der Waals surface area contributed by atoms with Crippen LogP contribution in [0.2, 0.25) is 0 Å². The Morgan fingerprint density at radius 1 is 1.11 bits per heavy atom. The number of ether oxygens (including phenoxy) is 3. The van der Waals surface area contributed by atoms with Crippen molar-refractivity contribution in [3.8, 4) is 11.5 Å². The number of halogens is 3. The highest BCUT2D eigenvalue weighted by molar-refractivity contribution is 5.78. The number of benzene rings is 1. The first-order valence-corrected chi connectivity index (χ1v) is 4.91. The molecule has 0 bridgehead atoms. The molecule has 0 heterocycles. The monoisotopic (exact) mass is 278 g/mol. The zero-order valence-corrected chi connectivity index (χ0v) is 9.69. The van der Waals surface area contributed by atoms with Gasteiger partial charge < -0.3 is 14.2 Å². The molecule has 1 rings (SSSR count). The molecule has 1 aromatic rings. The summed E-state index contributed by atoms with van der Waals surface area (Å²) in [5.74, 6) is -2.98. The van der Waals surface area contributed by atoms with Gasteiger partial charge in [-0.3, -0.25) is 0 Å². The molecular weight excluding hydrogens is 269 g/mol. The molecule has 0 aromatic heterocycles. The Labute approximate surface area is 105 Å². The van der Waals surface area contributed by atoms with Crippen molar-refractivity contribution in [3.05, 3.63) is 24.3 Å². The van der Waals surface area contributed by atoms with Gasteiger partial charge in [0, 0.05) is 0 Å². The molecule has 0 aliphatic heterocycles. The summed E-state index contributed by atoms with van der Waals surface area (Å²) in [6, 6.07) is 4.72. The lowest BCUT2D eigenvalue weighted by Crippen LogP contribution is -2.27. The smallest absolute Gasteiger partial charge is 0.482 e. The average Bonchev–Trinajstić information content (AvgIpc) is 2.36. The Morgan fingerprint density at radius 3 is 2.11 bits per heavy atom. The molecule has 19 heavy (non-hydrogen) atoms. The number of methoxy groups -OCH3 is 1. The molecule has 0 atom stereocenters. The maximum Gasteiger partial charge on any atom is 0.491 e. The van der Waals surface area contributed by atoms with E-state index in [0.717, 1.165) is 12.1 Å². The average molecular weight is 278 g/mol. The fourth-order valence-corrected chi connectivity index (χ4v) is 0.970. The number of carbonyl (C=O) groups is 2. The highest BCUT2D eigenvalue weighted by Gasteiger charge is 2.41. The van der Waals surface area contributed by atoms with E-state index in [4.69, 9.17) is 4.74 Å². The Morgan fingerprint density at radius 2 is 1.63 bits per heavy atom. The fraction of sp³-hybridized carbons (Fsp3) is 0.273. The zero-order chi connectivity index (χ0) is 14.5. The van der Waals surface area contributed by atoms with E-state index in [2.05, 4.69) is 9.47 Å². The van der Waals surface area contributed by atoms with Gasteiger partial charge in [-0.25, -0.2) is 9.59 Å². The number of carbonyl (C=O) groups excluding carboxylic acids is 2. The number of alkyl halides is 3. The molecule has 0 aliphatic carbocycles. The van der Waals surface area contributed by atoms with Crippen LogP contribution in [0, 0.1) is 0 Å². The summed E-state index contributed by atoms with van der Waals surface area (Å²) in [5.41, 5.74) is 0. The maximum atomic E-state index is 11.9. The molecule has 104 valence electrons. The molecule has 5 nitrogen and oxygen atoms in total. The summed E-state index contributed by atoms with van der Waals surface area (Å²) in [6.07, 6.45) is -5.06. The summed E-state index contributed by atoms with van der Waals surface area (Å²) in [7, 11) is 1.19. The van der Waals surface area contributed by atoms with Gasteiger partial charge in [-0.05, 0) is 24.3 Å². The van der Waals surface area contributed by atoms with Crippen molar-refractivity contribution in [2.45, 2.75) is 6.18 Å². The van der Waals surface area contributed by atoms with E-state index in [1.165, 1.54) is 19.2 Å². The van der Waals surface area contributed by atoms with Crippen LogP contribution in [-0.4, -0.2) is 31.8 Å². The molecule has 0 N–H and O–H groups in total. The third-order valence-electron chi connectivity index (χ3n) is 1.85. The summed E-state index contributed by atoms with van der Waals surface area (Å²) in [6.45, 7) is -0.335. The lowest BCUT2D eigenvalue weighted by atomic mass is 10.3. The van der Waals surface area contributed by atoms with E-state index >= 15 is 0 Å². The van der Waals surface area contributed by atoms with Crippen molar-refractivity contribution in [1.29, 1.82) is 0 Å². The van der Waals surface area contributed by atoms with Crippen LogP contribution in [0.3, 0.4) is 0 Å². The van der Waals surface area contributed by atoms with Crippen molar-refractivity contribution < 1.29 is 37.0 Å². The second kappa shape index (κ2) is 6.07. The normalized spacial score (nSPS) is 10.7. The van der Waals surface area contributed by atoms with Gasteiger partial charge in [0.1, 0.15) is 11.5 Å². The van der Waals surface area contributed by atoms with Crippen molar-refractivity contribution in [2.75, 3.05) is 13.7 Å². The second-order valence-corrected chi connectivity index (χ2v) is 3.22. The van der Waals surface area contributed by atoms with Gasteiger partial charge in [0.05, 0.1) is 7.11 Å². The van der Waals surface area contributed by atoms with Crippen molar-refractivity contribution >= 4 is 11.9 Å². The van der Waals surface area contributed by atoms with Crippen LogP contribution in [0.5, 0.6) is 11.5 Å². The first kappa shape index (κ1) is 14.8. The van der Waals surface area contributed by atoms with E-state index < -0.39 is 18.1 Å². The largest absolute Gasteiger partial charge is 0.491 e. The van der Waals surface area contributed by atoms with Crippen LogP contribution in [-0.2, 0) is 14.3 Å². The lowest BCUT2D eigenvalue weighted by molar-refractivity contribution is -0.189. The Kier molecular flexibility index (Phi) is 4.74. The second-order valence-electron chi connectivity index (χ2n) is 3.22. The molecule has 8 heteroatoms. The van der Waals surface area contributed by atoms with Crippen LogP contribution in [0.4, 0.5) is 13.2 Å². The minimum Gasteiger partial charge on any atom is -0.482 e. The van der Waals surface area contributed by atoms with E-state index in [1.54, 1.807) is 0 Å². The molecule has 0 fully saturated rings. The summed E-state index contributed by atoms with van der Waals surface area (Å²) in [4.78, 5) is 21.3. The first-order chi connectivity index (χ1) is 8.82. The predicted octanol–water partition coefficient (Wildman–Crippen LogP) is 1.71. The van der Waals surface area contributed by atoms with Crippen LogP contribution in [0.25, 0.3) is 0 Å². The van der Waals surface area contributed by atoms with Gasteiger partial charge in [0.2, 0.25) is 0 Å². The van der Waals surface area contributed by atoms with Crippen molar-refractivity contribution in [3.63, 3.8) is 0 Å². The molecule has 0 radical (unpaired) electrons. The van der Waals surface area contributed by atoms with Gasteiger partial charge in [-0.1, -0.05) is 0 Å². The van der Waals surface area contributed by atoms with Gasteiger partial charge in [-0.15, -0.1) is 0 Å². The van der Waals surface area contributed by atoms with Gasteiger partial charge in [0.15, 0.2) is 6.61 Å². The molecule has 0 saturated carbocycles. The van der Waals surface area contributed by atoms with Gasteiger partial charge in [0.25, 0.3) is 0 Å². The Hall–Kier alpha value is -2.25. The SMILES string of the molecule is COC(=O)COc1ccc(OC(=O)C(F)(F)F)cc1. The standard InChI is InChI=1S/C11H9F3O5/c1-17-9(15)6-18-7-2-4-8(5-3-7)19-10(16)11(12,13)14/h2-5H,6H2,1H3. The van der Waals surface area contributed by atoms with Gasteiger partial charge in [-0.2, -0.15) is 13.2 Å². The topological polar surface area (TPSA) is 61.8 Å². The summed E-state index contributed by atoms with van der Waals surface area (Å²) < 4.78 is 49.1. The van der Waals surface area contributed by atoms with Gasteiger partial charge >= 0.3 is 18.1 Å². The highest BCUT2D eigenvalue weighted by Crippen LogP contribution is 2.22. The molecule has 1 aromatic carbocycles. The molecule has 0 aliphatic rings. The van der Waals surface area contributed by atoms with Crippen LogP contribution in [0.15, 0.2) is 24.3 Å². The summed E-state index contributed by atoms with van der Waals surface area (Å²) >= 11 is 0. The highest BCUT2D eigenvalue weighted by atomic mass is 19.4. The maximum absolute atomic E-state index is 11.9. The lowest BCUT2D eigenvalue weighted by Gasteiger charge is -2.08. The number of hydrogen-bond donors (Lipinski definition) is 0. The molecular formula is C11H9F3O5. The molecule has 0 spiro atoms. The third-order valence-corrected chi connectivity index (χ3v) is 1.85. The minimum absolute atomic E-state index is 0.220. The number of rotatable bonds is 4. The minimum atomic E-state index is -5.06. The molecule has 0 unspecified atom stereocenters. The van der Waals surface area contributed by atoms with E-state index in [1.807, 2.05) is 0 Å². The molecule has 0 saturated heterocycles. The number of esters is 2. The van der Waals surface area contributed by atoms with Crippen LogP contribution in [0.1, 0.15) is 0 Å². The van der Waals surface area contributed by atoms with Crippen LogP contribution < -0.4 is 9.47 Å². The van der Waals surface area contributed by atoms with Crippen molar-refractivity contribution in [1.82, 2.24) is 0 Å². The molecule has 0 amide bonds. The van der Waals surface area contributed by atoms with E-state index in [-0.39, 0.29) is 18.1 Å². The predicted molar refractivity (Wildman–Crippen MR) is 55.6 cm³/mol. The summed E-state index contributed by atoms with van der Waals surface area (Å²) in [5, 5.41) is 0. The third kappa shape index (κ3) is 4.86.